The van der Waals surface area contributed by atoms with Gasteiger partial charge in [-0.15, -0.1) is 0 Å². The molecule has 2 amide bonds. The Kier molecular flexibility index (Phi) is 8.11. The number of rotatable bonds is 5. The van der Waals surface area contributed by atoms with Crippen LogP contribution < -0.4 is 4.74 Å². The molecule has 0 saturated heterocycles. The lowest BCUT2D eigenvalue weighted by atomic mass is 9.99. The van der Waals surface area contributed by atoms with Crippen molar-refractivity contribution in [3.63, 3.8) is 0 Å². The third-order valence-electron chi connectivity index (χ3n) is 6.21. The van der Waals surface area contributed by atoms with Crippen molar-refractivity contribution in [3.05, 3.63) is 83.6 Å². The standard InChI is InChI=1S/C28H29N5O4/c1-19-16-33(20(2)18-34)27(35)23-14-21(10-11-22-8-4-6-12-29-22)15-31-26(23)37-25(19)17-32(3)28(36)24-9-5-7-13-30-24/h4-9,12-15,19-20,25,34H,16-18H2,1-3H3/t19-,20+,25-/m1/s1. The molecule has 1 aliphatic heterocycles. The molecule has 0 fully saturated rings. The molecule has 37 heavy (non-hydrogen) atoms. The number of hydrogen-bond acceptors (Lipinski definition) is 7. The number of carbonyl (C=O) groups excluding carboxylic acids is 2. The lowest BCUT2D eigenvalue weighted by molar-refractivity contribution is 0.0312. The van der Waals surface area contributed by atoms with Crippen LogP contribution >= 0.6 is 0 Å². The second-order valence-electron chi connectivity index (χ2n) is 9.07. The highest BCUT2D eigenvalue weighted by Gasteiger charge is 2.34. The molecular formula is C28H29N5O4. The first kappa shape index (κ1) is 25.8. The van der Waals surface area contributed by atoms with E-state index in [0.717, 1.165) is 0 Å². The van der Waals surface area contributed by atoms with Crippen molar-refractivity contribution in [1.29, 1.82) is 0 Å². The summed E-state index contributed by atoms with van der Waals surface area (Å²) in [5.41, 5.74) is 1.72. The first-order chi connectivity index (χ1) is 17.9. The van der Waals surface area contributed by atoms with Gasteiger partial charge in [0.25, 0.3) is 11.8 Å². The van der Waals surface area contributed by atoms with Gasteiger partial charge in [-0.05, 0) is 43.2 Å². The van der Waals surface area contributed by atoms with Crippen LogP contribution in [0.4, 0.5) is 0 Å². The molecule has 0 spiro atoms. The number of hydrogen-bond donors (Lipinski definition) is 1. The summed E-state index contributed by atoms with van der Waals surface area (Å²) in [7, 11) is 1.69. The van der Waals surface area contributed by atoms with Crippen LogP contribution in [-0.2, 0) is 0 Å². The Hall–Kier alpha value is -4.29. The maximum Gasteiger partial charge on any atom is 0.272 e. The van der Waals surface area contributed by atoms with E-state index in [1.165, 1.54) is 0 Å². The average Bonchev–Trinajstić information content (AvgIpc) is 2.94. The van der Waals surface area contributed by atoms with Crippen molar-refractivity contribution in [2.75, 3.05) is 26.7 Å². The maximum atomic E-state index is 13.5. The fourth-order valence-corrected chi connectivity index (χ4v) is 4.00. The highest BCUT2D eigenvalue weighted by atomic mass is 16.5. The van der Waals surface area contributed by atoms with Crippen LogP contribution in [0.1, 0.15) is 46.0 Å². The van der Waals surface area contributed by atoms with Gasteiger partial charge < -0.3 is 19.6 Å². The highest BCUT2D eigenvalue weighted by Crippen LogP contribution is 2.27. The molecule has 190 valence electrons. The SMILES string of the molecule is C[C@@H]1CN([C@@H](C)CO)C(=O)c2cc(C#Cc3ccccn3)cnc2O[C@@H]1CN(C)C(=O)c1ccccn1. The smallest absolute Gasteiger partial charge is 0.272 e. The summed E-state index contributed by atoms with van der Waals surface area (Å²) in [6.45, 7) is 4.14. The Morgan fingerprint density at radius 3 is 2.62 bits per heavy atom. The Balaban J connectivity index is 1.65. The zero-order chi connectivity index (χ0) is 26.4. The molecule has 0 bridgehead atoms. The lowest BCUT2D eigenvalue weighted by Gasteiger charge is -2.37. The molecule has 0 aromatic carbocycles. The van der Waals surface area contributed by atoms with Crippen LogP contribution in [0.3, 0.4) is 0 Å². The largest absolute Gasteiger partial charge is 0.472 e. The van der Waals surface area contributed by atoms with Crippen molar-refractivity contribution in [1.82, 2.24) is 24.8 Å². The fourth-order valence-electron chi connectivity index (χ4n) is 4.00. The Morgan fingerprint density at radius 1 is 1.19 bits per heavy atom. The number of carbonyl (C=O) groups is 2. The molecule has 0 radical (unpaired) electrons. The maximum absolute atomic E-state index is 13.5. The molecule has 1 aliphatic rings. The van der Waals surface area contributed by atoms with Crippen LogP contribution in [0.2, 0.25) is 0 Å². The number of aromatic nitrogens is 3. The summed E-state index contributed by atoms with van der Waals surface area (Å²) in [5.74, 6) is 5.45. The zero-order valence-electron chi connectivity index (χ0n) is 21.0. The fraction of sp³-hybridized carbons (Fsp3) is 0.321. The monoisotopic (exact) mass is 499 g/mol. The summed E-state index contributed by atoms with van der Waals surface area (Å²) < 4.78 is 6.26. The van der Waals surface area contributed by atoms with Crippen molar-refractivity contribution in [2.45, 2.75) is 26.0 Å². The van der Waals surface area contributed by atoms with Gasteiger partial charge in [0.05, 0.1) is 19.2 Å². The number of aliphatic hydroxyl groups is 1. The Morgan fingerprint density at radius 2 is 1.95 bits per heavy atom. The summed E-state index contributed by atoms with van der Waals surface area (Å²) in [6.07, 6.45) is 4.32. The molecule has 9 heteroatoms. The van der Waals surface area contributed by atoms with Gasteiger partial charge >= 0.3 is 0 Å². The summed E-state index contributed by atoms with van der Waals surface area (Å²) >= 11 is 0. The van der Waals surface area contributed by atoms with E-state index in [4.69, 9.17) is 4.74 Å². The quantitative estimate of drug-likeness (QED) is 0.537. The van der Waals surface area contributed by atoms with E-state index in [9.17, 15) is 14.7 Å². The number of fused-ring (bicyclic) bond motifs is 1. The Bertz CT molecular complexity index is 1310. The predicted octanol–water partition coefficient (Wildman–Crippen LogP) is 2.26. The van der Waals surface area contributed by atoms with E-state index in [0.29, 0.717) is 23.5 Å². The third-order valence-corrected chi connectivity index (χ3v) is 6.21. The summed E-state index contributed by atoms with van der Waals surface area (Å²) in [4.78, 5) is 42.4. The van der Waals surface area contributed by atoms with Gasteiger partial charge in [-0.2, -0.15) is 0 Å². The minimum absolute atomic E-state index is 0.157. The molecule has 4 rings (SSSR count). The van der Waals surface area contributed by atoms with Crippen LogP contribution in [0.15, 0.2) is 61.1 Å². The minimum atomic E-state index is -0.462. The number of aliphatic hydroxyl groups excluding tert-OH is 1. The molecule has 3 aromatic heterocycles. The zero-order valence-corrected chi connectivity index (χ0v) is 21.0. The molecule has 3 atom stereocenters. The molecule has 0 unspecified atom stereocenters. The highest BCUT2D eigenvalue weighted by molar-refractivity contribution is 5.97. The van der Waals surface area contributed by atoms with Gasteiger partial charge in [-0.25, -0.2) is 9.97 Å². The van der Waals surface area contributed by atoms with Gasteiger partial charge in [0.15, 0.2) is 0 Å². The number of likely N-dealkylation sites (N-methyl/N-ethyl adjacent to an activating group) is 1. The van der Waals surface area contributed by atoms with Crippen molar-refractivity contribution in [3.8, 4) is 17.7 Å². The second kappa shape index (κ2) is 11.6. The van der Waals surface area contributed by atoms with Gasteiger partial charge in [-0.1, -0.05) is 25.0 Å². The minimum Gasteiger partial charge on any atom is -0.472 e. The Labute approximate surface area is 216 Å². The lowest BCUT2D eigenvalue weighted by Crippen LogP contribution is -2.50. The normalized spacial score (nSPS) is 17.8. The topological polar surface area (TPSA) is 109 Å². The molecular weight excluding hydrogens is 470 g/mol. The van der Waals surface area contributed by atoms with Crippen LogP contribution in [-0.4, -0.2) is 80.6 Å². The van der Waals surface area contributed by atoms with E-state index in [-0.39, 0.29) is 42.3 Å². The summed E-state index contributed by atoms with van der Waals surface area (Å²) in [5, 5.41) is 9.85. The van der Waals surface area contributed by atoms with E-state index >= 15 is 0 Å². The number of amides is 2. The summed E-state index contributed by atoms with van der Waals surface area (Å²) in [6, 6.07) is 11.9. The molecule has 3 aromatic rings. The third kappa shape index (κ3) is 6.11. The molecule has 0 saturated carbocycles. The molecule has 4 heterocycles. The van der Waals surface area contributed by atoms with Gasteiger partial charge in [0, 0.05) is 43.7 Å². The van der Waals surface area contributed by atoms with Gasteiger partial charge in [0.2, 0.25) is 5.88 Å². The number of ether oxygens (including phenoxy) is 1. The van der Waals surface area contributed by atoms with Crippen molar-refractivity contribution in [2.24, 2.45) is 5.92 Å². The van der Waals surface area contributed by atoms with E-state index in [1.807, 2.05) is 19.1 Å². The average molecular weight is 500 g/mol. The van der Waals surface area contributed by atoms with Crippen molar-refractivity contribution < 1.29 is 19.4 Å². The van der Waals surface area contributed by atoms with Gasteiger partial charge in [-0.3, -0.25) is 14.6 Å². The first-order valence-electron chi connectivity index (χ1n) is 12.1. The predicted molar refractivity (Wildman–Crippen MR) is 137 cm³/mol. The van der Waals surface area contributed by atoms with Crippen LogP contribution in [0, 0.1) is 17.8 Å². The number of pyridine rings is 3. The molecule has 0 aliphatic carbocycles. The second-order valence-corrected chi connectivity index (χ2v) is 9.07. The van der Waals surface area contributed by atoms with Gasteiger partial charge in [0.1, 0.15) is 23.1 Å². The first-order valence-corrected chi connectivity index (χ1v) is 12.1. The molecule has 9 nitrogen and oxygen atoms in total. The van der Waals surface area contributed by atoms with E-state index in [2.05, 4.69) is 26.8 Å². The van der Waals surface area contributed by atoms with E-state index < -0.39 is 12.1 Å². The van der Waals surface area contributed by atoms with Crippen molar-refractivity contribution >= 4 is 11.8 Å². The molecule has 1 N–H and O–H groups in total. The van der Waals surface area contributed by atoms with E-state index in [1.54, 1.807) is 72.7 Å². The van der Waals surface area contributed by atoms with Crippen LogP contribution in [0.25, 0.3) is 0 Å². The number of nitrogens with zero attached hydrogens (tertiary/aromatic N) is 5. The van der Waals surface area contributed by atoms with Crippen LogP contribution in [0.5, 0.6) is 5.88 Å².